The van der Waals surface area contributed by atoms with Gasteiger partial charge in [-0.15, -0.1) is 0 Å². The molecule has 0 saturated carbocycles. The molecule has 1 saturated heterocycles. The van der Waals surface area contributed by atoms with Gasteiger partial charge in [-0.1, -0.05) is 0 Å². The summed E-state index contributed by atoms with van der Waals surface area (Å²) in [5.74, 6) is 1.22. The van der Waals surface area contributed by atoms with Gasteiger partial charge in [-0.25, -0.2) is 0 Å². The van der Waals surface area contributed by atoms with E-state index in [1.807, 2.05) is 0 Å². The molecule has 0 radical (unpaired) electrons. The molecule has 1 aliphatic heterocycles. The van der Waals surface area contributed by atoms with Gasteiger partial charge in [-0.05, 0) is 26.0 Å². The van der Waals surface area contributed by atoms with E-state index in [1.54, 1.807) is 25.3 Å². The Morgan fingerprint density at radius 3 is 2.90 bits per heavy atom. The molecular weight excluding hydrogens is 268 g/mol. The second-order valence-corrected chi connectivity index (χ2v) is 5.37. The van der Waals surface area contributed by atoms with Crippen LogP contribution in [0.3, 0.4) is 0 Å². The Balaban J connectivity index is 1.95. The summed E-state index contributed by atoms with van der Waals surface area (Å²) in [6.07, 6.45) is 0.0569. The van der Waals surface area contributed by atoms with Crippen molar-refractivity contribution in [3.8, 4) is 17.6 Å². The quantitative estimate of drug-likeness (QED) is 0.831. The number of methoxy groups -OCH3 is 1. The Hall–Kier alpha value is -1.77. The summed E-state index contributed by atoms with van der Waals surface area (Å²) >= 11 is 0. The molecular formula is C16H22N2O3. The minimum atomic E-state index is 0.0569. The number of morpholine rings is 1. The minimum absolute atomic E-state index is 0.0569. The highest BCUT2D eigenvalue weighted by Crippen LogP contribution is 2.28. The average Bonchev–Trinajstić information content (AvgIpc) is 2.53. The van der Waals surface area contributed by atoms with Crippen molar-refractivity contribution in [2.75, 3.05) is 33.4 Å². The van der Waals surface area contributed by atoms with E-state index in [2.05, 4.69) is 24.8 Å². The molecule has 1 heterocycles. The van der Waals surface area contributed by atoms with E-state index in [4.69, 9.17) is 19.5 Å². The van der Waals surface area contributed by atoms with E-state index < -0.39 is 0 Å². The first-order chi connectivity index (χ1) is 10.1. The number of rotatable bonds is 5. The summed E-state index contributed by atoms with van der Waals surface area (Å²) < 4.78 is 16.8. The van der Waals surface area contributed by atoms with Crippen LogP contribution in [0.5, 0.6) is 11.5 Å². The number of nitrogens with zero attached hydrogens (tertiary/aromatic N) is 2. The summed E-state index contributed by atoms with van der Waals surface area (Å²) in [6.45, 7) is 7.42. The Morgan fingerprint density at radius 1 is 1.43 bits per heavy atom. The molecule has 0 aliphatic carbocycles. The lowest BCUT2D eigenvalue weighted by molar-refractivity contribution is -0.0566. The normalized spacial score (nSPS) is 19.3. The van der Waals surface area contributed by atoms with Gasteiger partial charge in [-0.3, -0.25) is 4.90 Å². The highest BCUT2D eigenvalue weighted by molar-refractivity contribution is 5.46. The lowest BCUT2D eigenvalue weighted by atomic mass is 10.2. The van der Waals surface area contributed by atoms with Gasteiger partial charge < -0.3 is 14.2 Å². The van der Waals surface area contributed by atoms with Gasteiger partial charge in [0.05, 0.1) is 25.3 Å². The lowest BCUT2D eigenvalue weighted by Crippen LogP contribution is -2.47. The van der Waals surface area contributed by atoms with E-state index in [0.717, 1.165) is 19.7 Å². The van der Waals surface area contributed by atoms with Crippen LogP contribution in [0.15, 0.2) is 18.2 Å². The van der Waals surface area contributed by atoms with Crippen molar-refractivity contribution in [3.63, 3.8) is 0 Å². The van der Waals surface area contributed by atoms with Crippen molar-refractivity contribution >= 4 is 0 Å². The first-order valence-electron chi connectivity index (χ1n) is 7.20. The molecule has 1 aromatic carbocycles. The molecule has 1 fully saturated rings. The van der Waals surface area contributed by atoms with Crippen LogP contribution in [0.25, 0.3) is 0 Å². The van der Waals surface area contributed by atoms with Crippen LogP contribution in [-0.4, -0.2) is 50.5 Å². The standard InChI is InChI=1S/C16H22N2O3/c1-12(2)18-6-7-20-14(10-18)11-21-15-5-4-13(9-17)8-16(15)19-3/h4-5,8,12,14H,6-7,10-11H2,1-3H3. The zero-order valence-corrected chi connectivity index (χ0v) is 12.8. The summed E-state index contributed by atoms with van der Waals surface area (Å²) in [7, 11) is 1.57. The first kappa shape index (κ1) is 15.6. The predicted molar refractivity (Wildman–Crippen MR) is 79.7 cm³/mol. The van der Waals surface area contributed by atoms with Crippen LogP contribution in [-0.2, 0) is 4.74 Å². The predicted octanol–water partition coefficient (Wildman–Crippen LogP) is 2.05. The monoisotopic (exact) mass is 290 g/mol. The topological polar surface area (TPSA) is 54.7 Å². The van der Waals surface area contributed by atoms with Crippen LogP contribution >= 0.6 is 0 Å². The Bertz CT molecular complexity index is 511. The van der Waals surface area contributed by atoms with Gasteiger partial charge in [0, 0.05) is 25.2 Å². The highest BCUT2D eigenvalue weighted by atomic mass is 16.5. The second kappa shape index (κ2) is 7.30. The minimum Gasteiger partial charge on any atom is -0.493 e. The zero-order chi connectivity index (χ0) is 15.2. The van der Waals surface area contributed by atoms with Crippen LogP contribution in [0, 0.1) is 11.3 Å². The maximum atomic E-state index is 8.89. The van der Waals surface area contributed by atoms with E-state index in [-0.39, 0.29) is 6.10 Å². The third kappa shape index (κ3) is 4.10. The first-order valence-corrected chi connectivity index (χ1v) is 7.20. The van der Waals surface area contributed by atoms with Crippen LogP contribution in [0.2, 0.25) is 0 Å². The van der Waals surface area contributed by atoms with E-state index in [1.165, 1.54) is 0 Å². The Labute approximate surface area is 126 Å². The fraction of sp³-hybridized carbons (Fsp3) is 0.562. The summed E-state index contributed by atoms with van der Waals surface area (Å²) in [6, 6.07) is 7.76. The molecule has 0 aromatic heterocycles. The Morgan fingerprint density at radius 2 is 2.24 bits per heavy atom. The fourth-order valence-corrected chi connectivity index (χ4v) is 2.35. The molecule has 1 unspecified atom stereocenters. The molecule has 21 heavy (non-hydrogen) atoms. The van der Waals surface area contributed by atoms with Gasteiger partial charge in [0.2, 0.25) is 0 Å². The molecule has 1 aliphatic rings. The Kier molecular flexibility index (Phi) is 5.43. The van der Waals surface area contributed by atoms with E-state index in [9.17, 15) is 0 Å². The van der Waals surface area contributed by atoms with Gasteiger partial charge >= 0.3 is 0 Å². The van der Waals surface area contributed by atoms with E-state index >= 15 is 0 Å². The van der Waals surface area contributed by atoms with Crippen LogP contribution in [0.4, 0.5) is 0 Å². The average molecular weight is 290 g/mol. The second-order valence-electron chi connectivity index (χ2n) is 5.37. The van der Waals surface area contributed by atoms with Gasteiger partial charge in [-0.2, -0.15) is 5.26 Å². The fourth-order valence-electron chi connectivity index (χ4n) is 2.35. The van der Waals surface area contributed by atoms with Crippen molar-refractivity contribution in [1.82, 2.24) is 4.90 Å². The molecule has 5 heteroatoms. The van der Waals surface area contributed by atoms with Crippen molar-refractivity contribution in [2.24, 2.45) is 0 Å². The SMILES string of the molecule is COc1cc(C#N)ccc1OCC1CN(C(C)C)CCO1. The van der Waals surface area contributed by atoms with Crippen LogP contribution < -0.4 is 9.47 Å². The molecule has 1 aromatic rings. The van der Waals surface area contributed by atoms with E-state index in [0.29, 0.717) is 29.7 Å². The van der Waals surface area contributed by atoms with Crippen molar-refractivity contribution in [3.05, 3.63) is 23.8 Å². The maximum Gasteiger partial charge on any atom is 0.162 e. The summed E-state index contributed by atoms with van der Waals surface area (Å²) in [5.41, 5.74) is 0.555. The van der Waals surface area contributed by atoms with Crippen molar-refractivity contribution in [1.29, 1.82) is 5.26 Å². The molecule has 0 amide bonds. The molecule has 0 bridgehead atoms. The molecule has 5 nitrogen and oxygen atoms in total. The molecule has 0 spiro atoms. The third-order valence-electron chi connectivity index (χ3n) is 3.62. The largest absolute Gasteiger partial charge is 0.493 e. The zero-order valence-electron chi connectivity index (χ0n) is 12.8. The number of ether oxygens (including phenoxy) is 3. The number of hydrogen-bond acceptors (Lipinski definition) is 5. The molecule has 1 atom stereocenters. The number of hydrogen-bond donors (Lipinski definition) is 0. The van der Waals surface area contributed by atoms with Crippen molar-refractivity contribution < 1.29 is 14.2 Å². The lowest BCUT2D eigenvalue weighted by Gasteiger charge is -2.35. The smallest absolute Gasteiger partial charge is 0.162 e. The summed E-state index contributed by atoms with van der Waals surface area (Å²) in [5, 5.41) is 8.89. The van der Waals surface area contributed by atoms with Gasteiger partial charge in [0.25, 0.3) is 0 Å². The summed E-state index contributed by atoms with van der Waals surface area (Å²) in [4.78, 5) is 2.38. The van der Waals surface area contributed by atoms with Gasteiger partial charge in [0.15, 0.2) is 11.5 Å². The maximum absolute atomic E-state index is 8.89. The van der Waals surface area contributed by atoms with Gasteiger partial charge in [0.1, 0.15) is 12.7 Å². The molecule has 114 valence electrons. The van der Waals surface area contributed by atoms with Crippen LogP contribution in [0.1, 0.15) is 19.4 Å². The molecule has 0 N–H and O–H groups in total. The molecule has 2 rings (SSSR count). The highest BCUT2D eigenvalue weighted by Gasteiger charge is 2.23. The number of benzene rings is 1. The van der Waals surface area contributed by atoms with Crippen molar-refractivity contribution in [2.45, 2.75) is 26.0 Å². The third-order valence-corrected chi connectivity index (χ3v) is 3.62. The number of nitriles is 1.